The Morgan fingerprint density at radius 3 is 2.79 bits per heavy atom. The van der Waals surface area contributed by atoms with Crippen LogP contribution in [0, 0.1) is 0 Å². The molecule has 0 aliphatic carbocycles. The Balaban J connectivity index is 1.73. The van der Waals surface area contributed by atoms with Crippen LogP contribution in [-0.4, -0.2) is 44.6 Å². The number of hydrogen-bond donors (Lipinski definition) is 2. The Bertz CT molecular complexity index is 800. The lowest BCUT2D eigenvalue weighted by atomic mass is 10.1. The van der Waals surface area contributed by atoms with Gasteiger partial charge in [-0.2, -0.15) is 5.10 Å². The van der Waals surface area contributed by atoms with Crippen LogP contribution in [0.2, 0.25) is 0 Å². The maximum atomic E-state index is 9.36. The number of fused-ring (bicyclic) bond motifs is 1. The molecule has 0 amide bonds. The molecule has 2 heterocycles. The van der Waals surface area contributed by atoms with E-state index < -0.39 is 0 Å². The molecule has 3 aromatic rings. The lowest BCUT2D eigenvalue weighted by Gasteiger charge is -2.14. The lowest BCUT2D eigenvalue weighted by molar-refractivity contribution is 0.184. The second-order valence-electron chi connectivity index (χ2n) is 5.76. The summed E-state index contributed by atoms with van der Waals surface area (Å²) in [6, 6.07) is 7.42. The number of aromatic hydroxyl groups is 1. The molecule has 1 atom stereocenters. The van der Waals surface area contributed by atoms with Crippen LogP contribution < -0.4 is 5.32 Å². The van der Waals surface area contributed by atoms with E-state index in [0.717, 1.165) is 23.2 Å². The summed E-state index contributed by atoms with van der Waals surface area (Å²) < 4.78 is 6.90. The highest BCUT2D eigenvalue weighted by molar-refractivity contribution is 5.85. The minimum absolute atomic E-state index is 0.176. The highest BCUT2D eigenvalue weighted by Gasteiger charge is 2.11. The fourth-order valence-corrected chi connectivity index (χ4v) is 2.57. The summed E-state index contributed by atoms with van der Waals surface area (Å²) in [4.78, 5) is 8.57. The van der Waals surface area contributed by atoms with Gasteiger partial charge in [-0.1, -0.05) is 12.1 Å². The molecule has 1 aromatic carbocycles. The van der Waals surface area contributed by atoms with Crippen LogP contribution in [0.1, 0.15) is 12.5 Å². The molecule has 7 nitrogen and oxygen atoms in total. The molecule has 0 bridgehead atoms. The number of phenolic OH excluding ortho intramolecular Hbond substituents is 1. The van der Waals surface area contributed by atoms with E-state index >= 15 is 0 Å². The van der Waals surface area contributed by atoms with Crippen molar-refractivity contribution >= 4 is 16.9 Å². The maximum Gasteiger partial charge on any atom is 0.186 e. The first-order valence-electron chi connectivity index (χ1n) is 7.87. The SMILES string of the molecule is COCCn1cc2c(NC(C)Cc3ccc(O)cc3)ncnc2n1. The standard InChI is InChI=1S/C17H21N5O2/c1-12(9-13-3-5-14(23)6-4-13)20-16-15-10-22(7-8-24-2)21-17(15)19-11-18-16/h3-6,10-12,23H,7-9H2,1-2H3,(H,18,19,20,21). The van der Waals surface area contributed by atoms with Crippen molar-refractivity contribution in [2.24, 2.45) is 0 Å². The van der Waals surface area contributed by atoms with Gasteiger partial charge in [0.25, 0.3) is 0 Å². The highest BCUT2D eigenvalue weighted by atomic mass is 16.5. The van der Waals surface area contributed by atoms with Crippen molar-refractivity contribution in [2.75, 3.05) is 19.0 Å². The van der Waals surface area contributed by atoms with Crippen molar-refractivity contribution in [3.05, 3.63) is 42.4 Å². The van der Waals surface area contributed by atoms with Crippen molar-refractivity contribution in [1.29, 1.82) is 0 Å². The topological polar surface area (TPSA) is 85.1 Å². The largest absolute Gasteiger partial charge is 0.508 e. The van der Waals surface area contributed by atoms with Gasteiger partial charge in [0.15, 0.2) is 5.65 Å². The number of aromatic nitrogens is 4. The summed E-state index contributed by atoms with van der Waals surface area (Å²) in [5.74, 6) is 1.05. The molecule has 2 N–H and O–H groups in total. The zero-order valence-corrected chi connectivity index (χ0v) is 13.8. The molecule has 1 unspecified atom stereocenters. The average molecular weight is 327 g/mol. The highest BCUT2D eigenvalue weighted by Crippen LogP contribution is 2.20. The van der Waals surface area contributed by atoms with Crippen molar-refractivity contribution in [3.8, 4) is 5.75 Å². The first kappa shape index (κ1) is 16.2. The third-order valence-corrected chi connectivity index (χ3v) is 3.75. The van der Waals surface area contributed by atoms with Gasteiger partial charge in [-0.25, -0.2) is 9.97 Å². The molecule has 0 fully saturated rings. The zero-order valence-electron chi connectivity index (χ0n) is 13.8. The van der Waals surface area contributed by atoms with Crippen molar-refractivity contribution in [3.63, 3.8) is 0 Å². The number of rotatable bonds is 7. The smallest absolute Gasteiger partial charge is 0.186 e. The number of ether oxygens (including phenoxy) is 1. The molecule has 0 radical (unpaired) electrons. The van der Waals surface area contributed by atoms with Gasteiger partial charge in [0.1, 0.15) is 17.9 Å². The molecule has 0 saturated carbocycles. The molecule has 126 valence electrons. The number of nitrogens with zero attached hydrogens (tertiary/aromatic N) is 4. The molecular formula is C17H21N5O2. The Kier molecular flexibility index (Phi) is 4.90. The molecule has 0 aliphatic heterocycles. The van der Waals surface area contributed by atoms with Gasteiger partial charge in [-0.15, -0.1) is 0 Å². The van der Waals surface area contributed by atoms with Crippen LogP contribution in [0.25, 0.3) is 11.0 Å². The summed E-state index contributed by atoms with van der Waals surface area (Å²) in [5.41, 5.74) is 1.81. The quantitative estimate of drug-likeness (QED) is 0.692. The summed E-state index contributed by atoms with van der Waals surface area (Å²) in [6.07, 6.45) is 4.28. The Hall–Kier alpha value is -2.67. The zero-order chi connectivity index (χ0) is 16.9. The molecular weight excluding hydrogens is 306 g/mol. The number of methoxy groups -OCH3 is 1. The number of anilines is 1. The van der Waals surface area contributed by atoms with E-state index in [2.05, 4.69) is 27.3 Å². The fraction of sp³-hybridized carbons (Fsp3) is 0.353. The summed E-state index contributed by atoms with van der Waals surface area (Å²) >= 11 is 0. The van der Waals surface area contributed by atoms with Crippen LogP contribution >= 0.6 is 0 Å². The number of nitrogens with one attached hydrogen (secondary N) is 1. The van der Waals surface area contributed by atoms with E-state index in [1.807, 2.05) is 23.0 Å². The van der Waals surface area contributed by atoms with E-state index in [-0.39, 0.29) is 11.8 Å². The van der Waals surface area contributed by atoms with Crippen LogP contribution in [-0.2, 0) is 17.7 Å². The number of benzene rings is 1. The van der Waals surface area contributed by atoms with Crippen LogP contribution in [0.15, 0.2) is 36.8 Å². The number of hydrogen-bond acceptors (Lipinski definition) is 6. The predicted molar refractivity (Wildman–Crippen MR) is 92.1 cm³/mol. The first-order chi connectivity index (χ1) is 11.7. The van der Waals surface area contributed by atoms with Gasteiger partial charge in [-0.3, -0.25) is 4.68 Å². The molecule has 2 aromatic heterocycles. The maximum absolute atomic E-state index is 9.36. The van der Waals surface area contributed by atoms with Crippen LogP contribution in [0.3, 0.4) is 0 Å². The van der Waals surface area contributed by atoms with E-state index in [1.165, 1.54) is 6.33 Å². The molecule has 3 rings (SSSR count). The van der Waals surface area contributed by atoms with Crippen LogP contribution in [0.4, 0.5) is 5.82 Å². The lowest BCUT2D eigenvalue weighted by Crippen LogP contribution is -2.19. The number of phenols is 1. The van der Waals surface area contributed by atoms with E-state index in [9.17, 15) is 5.11 Å². The van der Waals surface area contributed by atoms with Crippen molar-refractivity contribution in [2.45, 2.75) is 25.9 Å². The third kappa shape index (κ3) is 3.80. The average Bonchev–Trinajstić information content (AvgIpc) is 2.99. The second-order valence-corrected chi connectivity index (χ2v) is 5.76. The summed E-state index contributed by atoms with van der Waals surface area (Å²) in [6.45, 7) is 3.37. The normalized spacial score (nSPS) is 12.4. The van der Waals surface area contributed by atoms with E-state index in [4.69, 9.17) is 4.74 Å². The summed E-state index contributed by atoms with van der Waals surface area (Å²) in [7, 11) is 1.67. The van der Waals surface area contributed by atoms with Crippen molar-refractivity contribution < 1.29 is 9.84 Å². The van der Waals surface area contributed by atoms with Crippen molar-refractivity contribution in [1.82, 2.24) is 19.7 Å². The summed E-state index contributed by atoms with van der Waals surface area (Å²) in [5, 5.41) is 18.1. The van der Waals surface area contributed by atoms with Gasteiger partial charge < -0.3 is 15.2 Å². The molecule has 0 saturated heterocycles. The second kappa shape index (κ2) is 7.27. The minimum Gasteiger partial charge on any atom is -0.508 e. The first-order valence-corrected chi connectivity index (χ1v) is 7.87. The van der Waals surface area contributed by atoms with Gasteiger partial charge in [0.05, 0.1) is 18.5 Å². The fourth-order valence-electron chi connectivity index (χ4n) is 2.57. The third-order valence-electron chi connectivity index (χ3n) is 3.75. The Labute approximate surface area is 140 Å². The van der Waals surface area contributed by atoms with Crippen LogP contribution in [0.5, 0.6) is 5.75 Å². The van der Waals surface area contributed by atoms with Gasteiger partial charge in [0, 0.05) is 19.3 Å². The molecule has 0 aliphatic rings. The van der Waals surface area contributed by atoms with E-state index in [1.54, 1.807) is 19.2 Å². The van der Waals surface area contributed by atoms with E-state index in [0.29, 0.717) is 18.8 Å². The molecule has 24 heavy (non-hydrogen) atoms. The van der Waals surface area contributed by atoms with Gasteiger partial charge in [0.2, 0.25) is 0 Å². The van der Waals surface area contributed by atoms with Gasteiger partial charge in [-0.05, 0) is 31.0 Å². The molecule has 0 spiro atoms. The molecule has 7 heteroatoms. The Morgan fingerprint density at radius 2 is 2.04 bits per heavy atom. The predicted octanol–water partition coefficient (Wildman–Crippen LogP) is 2.22. The monoisotopic (exact) mass is 327 g/mol. The van der Waals surface area contributed by atoms with Gasteiger partial charge >= 0.3 is 0 Å². The Morgan fingerprint density at radius 1 is 1.25 bits per heavy atom. The minimum atomic E-state index is 0.176.